The van der Waals surface area contributed by atoms with Gasteiger partial charge in [-0.15, -0.1) is 0 Å². The van der Waals surface area contributed by atoms with E-state index >= 15 is 0 Å². The molecule has 1 saturated carbocycles. The van der Waals surface area contributed by atoms with E-state index in [9.17, 15) is 14.7 Å². The molecule has 1 saturated heterocycles. The molecule has 1 N–H and O–H groups in total. The molecule has 20 heavy (non-hydrogen) atoms. The van der Waals surface area contributed by atoms with Gasteiger partial charge in [0.2, 0.25) is 5.91 Å². The normalized spacial score (nSPS) is 36.7. The number of carbonyl (C=O) groups is 2. The van der Waals surface area contributed by atoms with Crippen LogP contribution in [0.15, 0.2) is 12.2 Å². The molecule has 4 nitrogen and oxygen atoms in total. The van der Waals surface area contributed by atoms with Gasteiger partial charge in [0.25, 0.3) is 0 Å². The summed E-state index contributed by atoms with van der Waals surface area (Å²) in [4.78, 5) is 26.2. The van der Waals surface area contributed by atoms with Crippen LogP contribution in [0.1, 0.15) is 44.9 Å². The van der Waals surface area contributed by atoms with Crippen molar-refractivity contribution in [1.29, 1.82) is 0 Å². The molecule has 3 aliphatic rings. The fraction of sp³-hybridized carbons (Fsp3) is 0.750. The van der Waals surface area contributed by atoms with E-state index in [4.69, 9.17) is 0 Å². The molecule has 3 rings (SSSR count). The standard InChI is InChI=1S/C16H23NO3/c18-15(12-6-2-3-7-13(12)16(19)20)17-10-9-11-5-1-4-8-14(11)17/h2-3,11-14H,1,4-10H2,(H,19,20)/t11?,12-,13+,14?/m1/s1. The zero-order valence-electron chi connectivity index (χ0n) is 11.8. The SMILES string of the molecule is O=C(O)[C@H]1CC=CC[C@H]1C(=O)N1CCC2CCCCC21. The first-order valence-corrected chi connectivity index (χ1v) is 7.86. The van der Waals surface area contributed by atoms with Gasteiger partial charge in [-0.3, -0.25) is 9.59 Å². The Morgan fingerprint density at radius 3 is 2.45 bits per heavy atom. The molecule has 2 aliphatic carbocycles. The number of carboxylic acids is 1. The van der Waals surface area contributed by atoms with Crippen LogP contribution in [0.4, 0.5) is 0 Å². The van der Waals surface area contributed by atoms with E-state index in [0.29, 0.717) is 24.8 Å². The van der Waals surface area contributed by atoms with Crippen molar-refractivity contribution in [3.05, 3.63) is 12.2 Å². The zero-order valence-corrected chi connectivity index (χ0v) is 11.8. The van der Waals surface area contributed by atoms with Gasteiger partial charge in [0.15, 0.2) is 0 Å². The third-order valence-corrected chi connectivity index (χ3v) is 5.36. The van der Waals surface area contributed by atoms with E-state index in [1.807, 2.05) is 17.1 Å². The van der Waals surface area contributed by atoms with Gasteiger partial charge in [0, 0.05) is 12.6 Å². The first-order valence-electron chi connectivity index (χ1n) is 7.86. The van der Waals surface area contributed by atoms with Crippen LogP contribution in [0.5, 0.6) is 0 Å². The Morgan fingerprint density at radius 1 is 1.00 bits per heavy atom. The van der Waals surface area contributed by atoms with Gasteiger partial charge in [0.1, 0.15) is 0 Å². The number of hydrogen-bond acceptors (Lipinski definition) is 2. The fourth-order valence-electron chi connectivity index (χ4n) is 4.25. The molecule has 0 spiro atoms. The highest BCUT2D eigenvalue weighted by Crippen LogP contribution is 2.38. The second kappa shape index (κ2) is 5.58. The minimum absolute atomic E-state index is 0.0937. The summed E-state index contributed by atoms with van der Waals surface area (Å²) < 4.78 is 0. The highest BCUT2D eigenvalue weighted by Gasteiger charge is 2.43. The number of allylic oxidation sites excluding steroid dienone is 2. The van der Waals surface area contributed by atoms with Gasteiger partial charge >= 0.3 is 5.97 Å². The number of hydrogen-bond donors (Lipinski definition) is 1. The van der Waals surface area contributed by atoms with Crippen LogP contribution in [0, 0.1) is 17.8 Å². The van der Waals surface area contributed by atoms with Crippen molar-refractivity contribution in [2.24, 2.45) is 17.8 Å². The van der Waals surface area contributed by atoms with Crippen LogP contribution in [0.3, 0.4) is 0 Å². The largest absolute Gasteiger partial charge is 0.481 e. The van der Waals surface area contributed by atoms with Crippen LogP contribution >= 0.6 is 0 Å². The van der Waals surface area contributed by atoms with Crippen molar-refractivity contribution >= 4 is 11.9 Å². The average molecular weight is 277 g/mol. The van der Waals surface area contributed by atoms with Crippen molar-refractivity contribution in [2.45, 2.75) is 51.0 Å². The first kappa shape index (κ1) is 13.7. The van der Waals surface area contributed by atoms with E-state index in [2.05, 4.69) is 0 Å². The minimum atomic E-state index is -0.827. The summed E-state index contributed by atoms with van der Waals surface area (Å²) in [6.45, 7) is 0.834. The van der Waals surface area contributed by atoms with Crippen LogP contribution in [-0.2, 0) is 9.59 Å². The van der Waals surface area contributed by atoms with E-state index in [-0.39, 0.29) is 11.8 Å². The average Bonchev–Trinajstić information content (AvgIpc) is 2.90. The van der Waals surface area contributed by atoms with Crippen LogP contribution in [0.25, 0.3) is 0 Å². The number of aliphatic carboxylic acids is 1. The van der Waals surface area contributed by atoms with Crippen molar-refractivity contribution in [1.82, 2.24) is 4.90 Å². The molecule has 0 bridgehead atoms. The monoisotopic (exact) mass is 277 g/mol. The molecular formula is C16H23NO3. The van der Waals surface area contributed by atoms with Gasteiger partial charge < -0.3 is 10.0 Å². The quantitative estimate of drug-likeness (QED) is 0.789. The zero-order chi connectivity index (χ0) is 14.1. The molecule has 2 fully saturated rings. The lowest BCUT2D eigenvalue weighted by Gasteiger charge is -2.35. The van der Waals surface area contributed by atoms with E-state index in [1.54, 1.807) is 0 Å². The summed E-state index contributed by atoms with van der Waals surface area (Å²) >= 11 is 0. The van der Waals surface area contributed by atoms with Gasteiger partial charge in [-0.05, 0) is 38.0 Å². The predicted octanol–water partition coefficient (Wildman–Crippen LogP) is 2.44. The van der Waals surface area contributed by atoms with E-state index in [0.717, 1.165) is 19.4 Å². The lowest BCUT2D eigenvalue weighted by Crippen LogP contribution is -2.45. The molecule has 0 aromatic heterocycles. The molecule has 0 aromatic rings. The van der Waals surface area contributed by atoms with E-state index < -0.39 is 11.9 Å². The molecule has 1 amide bonds. The second-order valence-electron chi connectivity index (χ2n) is 6.43. The molecule has 1 aliphatic heterocycles. The van der Waals surface area contributed by atoms with Crippen LogP contribution in [0.2, 0.25) is 0 Å². The first-order chi connectivity index (χ1) is 9.68. The smallest absolute Gasteiger partial charge is 0.307 e. The van der Waals surface area contributed by atoms with Gasteiger partial charge in [-0.2, -0.15) is 0 Å². The maximum Gasteiger partial charge on any atom is 0.307 e. The van der Waals surface area contributed by atoms with E-state index in [1.165, 1.54) is 19.3 Å². The lowest BCUT2D eigenvalue weighted by molar-refractivity contribution is -0.151. The summed E-state index contributed by atoms with van der Waals surface area (Å²) in [6, 6.07) is 0.386. The number of likely N-dealkylation sites (tertiary alicyclic amines) is 1. The Hall–Kier alpha value is -1.32. The van der Waals surface area contributed by atoms with Gasteiger partial charge in [-0.25, -0.2) is 0 Å². The topological polar surface area (TPSA) is 57.6 Å². The van der Waals surface area contributed by atoms with Crippen molar-refractivity contribution < 1.29 is 14.7 Å². The maximum absolute atomic E-state index is 12.8. The molecule has 110 valence electrons. The second-order valence-corrected chi connectivity index (χ2v) is 6.43. The van der Waals surface area contributed by atoms with Gasteiger partial charge in [0.05, 0.1) is 11.8 Å². The summed E-state index contributed by atoms with van der Waals surface area (Å²) in [7, 11) is 0. The predicted molar refractivity (Wildman–Crippen MR) is 75.1 cm³/mol. The van der Waals surface area contributed by atoms with Crippen molar-refractivity contribution in [3.63, 3.8) is 0 Å². The highest BCUT2D eigenvalue weighted by atomic mass is 16.4. The summed E-state index contributed by atoms with van der Waals surface area (Å²) in [5.41, 5.74) is 0. The number of carbonyl (C=O) groups excluding carboxylic acids is 1. The van der Waals surface area contributed by atoms with Crippen LogP contribution in [-0.4, -0.2) is 34.5 Å². The molecule has 0 radical (unpaired) electrons. The fourth-order valence-corrected chi connectivity index (χ4v) is 4.25. The number of carboxylic acid groups (broad SMARTS) is 1. The third kappa shape index (κ3) is 2.36. The molecule has 0 aromatic carbocycles. The Labute approximate surface area is 119 Å². The molecular weight excluding hydrogens is 254 g/mol. The number of rotatable bonds is 2. The van der Waals surface area contributed by atoms with Crippen LogP contribution < -0.4 is 0 Å². The minimum Gasteiger partial charge on any atom is -0.481 e. The Balaban J connectivity index is 1.74. The molecule has 4 heteroatoms. The number of nitrogens with zero attached hydrogens (tertiary/aromatic N) is 1. The Kier molecular flexibility index (Phi) is 3.81. The number of amides is 1. The molecule has 1 heterocycles. The molecule has 2 unspecified atom stereocenters. The van der Waals surface area contributed by atoms with Crippen molar-refractivity contribution in [3.8, 4) is 0 Å². The van der Waals surface area contributed by atoms with Gasteiger partial charge in [-0.1, -0.05) is 25.0 Å². The summed E-state index contributed by atoms with van der Waals surface area (Å²) in [6.07, 6.45) is 10.9. The highest BCUT2D eigenvalue weighted by molar-refractivity contribution is 5.85. The Morgan fingerprint density at radius 2 is 1.70 bits per heavy atom. The molecule has 4 atom stereocenters. The lowest BCUT2D eigenvalue weighted by atomic mass is 9.81. The number of fused-ring (bicyclic) bond motifs is 1. The maximum atomic E-state index is 12.8. The summed E-state index contributed by atoms with van der Waals surface area (Å²) in [5, 5.41) is 9.33. The summed E-state index contributed by atoms with van der Waals surface area (Å²) in [5.74, 6) is -0.952. The Bertz CT molecular complexity index is 431. The third-order valence-electron chi connectivity index (χ3n) is 5.36. The van der Waals surface area contributed by atoms with Crippen molar-refractivity contribution in [2.75, 3.05) is 6.54 Å².